The van der Waals surface area contributed by atoms with E-state index in [2.05, 4.69) is 15.3 Å². The van der Waals surface area contributed by atoms with E-state index in [4.69, 9.17) is 4.42 Å². The van der Waals surface area contributed by atoms with Gasteiger partial charge in [-0.25, -0.2) is 0 Å². The molecule has 0 aliphatic heterocycles. The van der Waals surface area contributed by atoms with Gasteiger partial charge in [-0.3, -0.25) is 14.8 Å². The highest BCUT2D eigenvalue weighted by Gasteiger charge is 2.54. The van der Waals surface area contributed by atoms with E-state index in [9.17, 15) is 10.1 Å². The van der Waals surface area contributed by atoms with Crippen LogP contribution < -0.4 is 0 Å². The molecule has 2 heterocycles. The maximum Gasteiger partial charge on any atom is 0.312 e. The van der Waals surface area contributed by atoms with Gasteiger partial charge in [0, 0.05) is 5.41 Å². The Labute approximate surface area is 151 Å². The van der Waals surface area contributed by atoms with Crippen molar-refractivity contribution in [3.8, 4) is 0 Å². The van der Waals surface area contributed by atoms with Crippen molar-refractivity contribution >= 4 is 5.69 Å². The molecule has 0 atom stereocenters. The standard InChI is InChI=1S/C18H23N5O3/c1-10-16(23(24)25)11(2)22(21-10)9-15-19-20-17(26-15)18-6-12-3-13(7-18)5-14(4-12)8-18/h12-14H,3-9H2,1-2H3. The summed E-state index contributed by atoms with van der Waals surface area (Å²) in [7, 11) is 0. The molecule has 4 saturated carbocycles. The van der Waals surface area contributed by atoms with Crippen molar-refractivity contribution in [2.75, 3.05) is 0 Å². The monoisotopic (exact) mass is 357 g/mol. The Morgan fingerprint density at radius 2 is 1.77 bits per heavy atom. The van der Waals surface area contributed by atoms with E-state index >= 15 is 0 Å². The number of aryl methyl sites for hydroxylation is 1. The third kappa shape index (κ3) is 2.30. The summed E-state index contributed by atoms with van der Waals surface area (Å²) in [5.74, 6) is 3.71. The number of nitro groups is 1. The number of aromatic nitrogens is 4. The van der Waals surface area contributed by atoms with Gasteiger partial charge in [-0.2, -0.15) is 5.10 Å². The highest BCUT2D eigenvalue weighted by atomic mass is 16.6. The third-order valence-corrected chi connectivity index (χ3v) is 6.77. The molecule has 4 aliphatic carbocycles. The Kier molecular flexibility index (Phi) is 3.30. The van der Waals surface area contributed by atoms with Crippen LogP contribution in [0.25, 0.3) is 0 Å². The zero-order chi connectivity index (χ0) is 18.1. The summed E-state index contributed by atoms with van der Waals surface area (Å²) in [5.41, 5.74) is 1.06. The maximum absolute atomic E-state index is 11.2. The van der Waals surface area contributed by atoms with Gasteiger partial charge in [0.15, 0.2) is 0 Å². The van der Waals surface area contributed by atoms with Crippen molar-refractivity contribution in [3.63, 3.8) is 0 Å². The van der Waals surface area contributed by atoms with Gasteiger partial charge in [-0.15, -0.1) is 10.2 Å². The summed E-state index contributed by atoms with van der Waals surface area (Å²) in [6.07, 6.45) is 7.63. The molecule has 2 aromatic rings. The Hall–Kier alpha value is -2.25. The normalized spacial score (nSPS) is 32.3. The van der Waals surface area contributed by atoms with Crippen molar-refractivity contribution in [2.24, 2.45) is 17.8 Å². The minimum Gasteiger partial charge on any atom is -0.423 e. The van der Waals surface area contributed by atoms with Gasteiger partial charge >= 0.3 is 5.69 Å². The fourth-order valence-electron chi connectivity index (χ4n) is 6.14. The highest BCUT2D eigenvalue weighted by Crippen LogP contribution is 2.60. The minimum atomic E-state index is -0.386. The number of hydrogen-bond acceptors (Lipinski definition) is 6. The van der Waals surface area contributed by atoms with E-state index in [1.807, 2.05) is 0 Å². The average Bonchev–Trinajstić information content (AvgIpc) is 3.12. The van der Waals surface area contributed by atoms with Crippen molar-refractivity contribution < 1.29 is 9.34 Å². The lowest BCUT2D eigenvalue weighted by atomic mass is 9.49. The van der Waals surface area contributed by atoms with Crippen LogP contribution in [0.1, 0.15) is 61.7 Å². The third-order valence-electron chi connectivity index (χ3n) is 6.77. The molecule has 6 rings (SSSR count). The SMILES string of the molecule is Cc1nn(Cc2nnc(C34CC5CC(CC(C5)C3)C4)o2)c(C)c1[N+](=O)[O-]. The van der Waals surface area contributed by atoms with E-state index < -0.39 is 0 Å². The van der Waals surface area contributed by atoms with E-state index in [0.29, 0.717) is 17.3 Å². The summed E-state index contributed by atoms with van der Waals surface area (Å²) < 4.78 is 7.67. The van der Waals surface area contributed by atoms with Crippen LogP contribution in [0.15, 0.2) is 4.42 Å². The Bertz CT molecular complexity index is 848. The van der Waals surface area contributed by atoms with Gasteiger partial charge in [-0.05, 0) is 70.1 Å². The Morgan fingerprint density at radius 1 is 1.15 bits per heavy atom. The highest BCUT2D eigenvalue weighted by molar-refractivity contribution is 5.39. The molecule has 4 bridgehead atoms. The summed E-state index contributed by atoms with van der Waals surface area (Å²) in [6.45, 7) is 3.63. The quantitative estimate of drug-likeness (QED) is 0.615. The van der Waals surface area contributed by atoms with Crippen molar-refractivity contribution in [2.45, 2.75) is 64.3 Å². The molecule has 26 heavy (non-hydrogen) atoms. The van der Waals surface area contributed by atoms with Crippen LogP contribution in [0.4, 0.5) is 5.69 Å². The first kappa shape index (κ1) is 16.0. The fourth-order valence-corrected chi connectivity index (χ4v) is 6.14. The average molecular weight is 357 g/mol. The zero-order valence-electron chi connectivity index (χ0n) is 15.1. The molecular formula is C18H23N5O3. The lowest BCUT2D eigenvalue weighted by Crippen LogP contribution is -2.48. The molecule has 0 amide bonds. The molecule has 8 heteroatoms. The van der Waals surface area contributed by atoms with Gasteiger partial charge < -0.3 is 4.42 Å². The smallest absolute Gasteiger partial charge is 0.312 e. The predicted octanol–water partition coefficient (Wildman–Crippen LogP) is 3.31. The molecule has 0 spiro atoms. The first-order valence-corrected chi connectivity index (χ1v) is 9.45. The zero-order valence-corrected chi connectivity index (χ0v) is 15.1. The van der Waals surface area contributed by atoms with Gasteiger partial charge in [0.05, 0.1) is 4.92 Å². The van der Waals surface area contributed by atoms with Crippen LogP contribution in [-0.4, -0.2) is 24.9 Å². The predicted molar refractivity (Wildman–Crippen MR) is 91.6 cm³/mol. The molecule has 138 valence electrons. The van der Waals surface area contributed by atoms with Crippen LogP contribution in [0.2, 0.25) is 0 Å². The molecule has 0 radical (unpaired) electrons. The largest absolute Gasteiger partial charge is 0.423 e. The van der Waals surface area contributed by atoms with Crippen molar-refractivity contribution in [1.29, 1.82) is 0 Å². The number of rotatable bonds is 4. The second-order valence-corrected chi connectivity index (χ2v) is 8.63. The fraction of sp³-hybridized carbons (Fsp3) is 0.722. The van der Waals surface area contributed by atoms with E-state index in [-0.39, 0.29) is 22.6 Å². The molecule has 2 aromatic heterocycles. The molecule has 0 saturated heterocycles. The molecule has 0 aromatic carbocycles. The summed E-state index contributed by atoms with van der Waals surface area (Å²) in [6, 6.07) is 0. The van der Waals surface area contributed by atoms with Crippen molar-refractivity contribution in [1.82, 2.24) is 20.0 Å². The van der Waals surface area contributed by atoms with Gasteiger partial charge in [-0.1, -0.05) is 0 Å². The van der Waals surface area contributed by atoms with Gasteiger partial charge in [0.1, 0.15) is 17.9 Å². The number of nitrogens with zero attached hydrogens (tertiary/aromatic N) is 5. The second kappa shape index (κ2) is 5.37. The lowest BCUT2D eigenvalue weighted by molar-refractivity contribution is -0.386. The molecule has 0 unspecified atom stereocenters. The van der Waals surface area contributed by atoms with Crippen LogP contribution in [0, 0.1) is 41.7 Å². The second-order valence-electron chi connectivity index (χ2n) is 8.63. The molecule has 8 nitrogen and oxygen atoms in total. The van der Waals surface area contributed by atoms with Crippen LogP contribution in [0.3, 0.4) is 0 Å². The van der Waals surface area contributed by atoms with Crippen LogP contribution in [-0.2, 0) is 12.0 Å². The van der Waals surface area contributed by atoms with E-state index in [1.54, 1.807) is 18.5 Å². The van der Waals surface area contributed by atoms with Gasteiger partial charge in [0.2, 0.25) is 11.8 Å². The van der Waals surface area contributed by atoms with Gasteiger partial charge in [0.25, 0.3) is 0 Å². The topological polar surface area (TPSA) is 99.9 Å². The minimum absolute atomic E-state index is 0.0609. The van der Waals surface area contributed by atoms with E-state index in [1.165, 1.54) is 38.5 Å². The Morgan fingerprint density at radius 3 is 2.31 bits per heavy atom. The van der Waals surface area contributed by atoms with Crippen LogP contribution >= 0.6 is 0 Å². The summed E-state index contributed by atoms with van der Waals surface area (Å²) >= 11 is 0. The summed E-state index contributed by atoms with van der Waals surface area (Å²) in [5, 5.41) is 24.1. The Balaban J connectivity index is 1.42. The van der Waals surface area contributed by atoms with E-state index in [0.717, 1.165) is 23.6 Å². The lowest BCUT2D eigenvalue weighted by Gasteiger charge is -2.55. The number of hydrogen-bond donors (Lipinski definition) is 0. The molecular weight excluding hydrogens is 334 g/mol. The first-order chi connectivity index (χ1) is 12.4. The molecule has 4 fully saturated rings. The first-order valence-electron chi connectivity index (χ1n) is 9.45. The maximum atomic E-state index is 11.2. The van der Waals surface area contributed by atoms with Crippen LogP contribution in [0.5, 0.6) is 0 Å². The molecule has 4 aliphatic rings. The molecule has 0 N–H and O–H groups in total. The van der Waals surface area contributed by atoms with Crippen molar-refractivity contribution in [3.05, 3.63) is 33.3 Å². The summed E-state index contributed by atoms with van der Waals surface area (Å²) in [4.78, 5) is 10.8.